The van der Waals surface area contributed by atoms with Gasteiger partial charge in [0.25, 0.3) is 0 Å². The van der Waals surface area contributed by atoms with Crippen LogP contribution in [0.3, 0.4) is 0 Å². The van der Waals surface area contributed by atoms with E-state index in [1.807, 2.05) is 12.1 Å². The molecule has 136 valence electrons. The van der Waals surface area contributed by atoms with Crippen LogP contribution in [0.1, 0.15) is 17.5 Å². The van der Waals surface area contributed by atoms with Crippen molar-refractivity contribution < 1.29 is 14.2 Å². The second-order valence-electron chi connectivity index (χ2n) is 6.46. The van der Waals surface area contributed by atoms with E-state index in [-0.39, 0.29) is 0 Å². The highest BCUT2D eigenvalue weighted by Crippen LogP contribution is 2.40. The van der Waals surface area contributed by atoms with Gasteiger partial charge in [-0.1, -0.05) is 18.2 Å². The number of aromatic amines is 1. The lowest BCUT2D eigenvalue weighted by atomic mass is 10.1. The third-order valence-corrected chi connectivity index (χ3v) is 4.69. The number of rotatable bonds is 7. The number of nitrogens with one attached hydrogen (secondary N) is 2. The summed E-state index contributed by atoms with van der Waals surface area (Å²) in [7, 11) is 1.66. The van der Waals surface area contributed by atoms with Gasteiger partial charge in [0.1, 0.15) is 13.2 Å². The van der Waals surface area contributed by atoms with Gasteiger partial charge in [-0.15, -0.1) is 0 Å². The summed E-state index contributed by atoms with van der Waals surface area (Å²) in [6.07, 6.45) is 4.27. The van der Waals surface area contributed by atoms with Gasteiger partial charge in [-0.2, -0.15) is 0 Å². The maximum atomic E-state index is 5.69. The molecule has 0 spiro atoms. The third kappa shape index (κ3) is 3.48. The van der Waals surface area contributed by atoms with Crippen molar-refractivity contribution in [3.63, 3.8) is 0 Å². The van der Waals surface area contributed by atoms with E-state index in [9.17, 15) is 0 Å². The molecule has 3 aromatic rings. The van der Waals surface area contributed by atoms with E-state index in [1.165, 1.54) is 16.5 Å². The van der Waals surface area contributed by atoms with Gasteiger partial charge in [0.2, 0.25) is 5.75 Å². The number of para-hydroxylation sites is 1. The molecule has 0 fully saturated rings. The van der Waals surface area contributed by atoms with Crippen LogP contribution in [0.15, 0.2) is 42.6 Å². The van der Waals surface area contributed by atoms with E-state index in [1.54, 1.807) is 7.11 Å². The number of methoxy groups -OCH3 is 1. The molecule has 0 amide bonds. The van der Waals surface area contributed by atoms with Gasteiger partial charge in [0, 0.05) is 23.6 Å². The lowest BCUT2D eigenvalue weighted by molar-refractivity contribution is 0.165. The van der Waals surface area contributed by atoms with Crippen LogP contribution in [0.5, 0.6) is 17.2 Å². The van der Waals surface area contributed by atoms with Gasteiger partial charge in [0.15, 0.2) is 11.5 Å². The van der Waals surface area contributed by atoms with Gasteiger partial charge in [0.05, 0.1) is 7.11 Å². The Morgan fingerprint density at radius 2 is 2.04 bits per heavy atom. The highest BCUT2D eigenvalue weighted by Gasteiger charge is 2.18. The van der Waals surface area contributed by atoms with E-state index < -0.39 is 0 Å². The highest BCUT2D eigenvalue weighted by atomic mass is 16.6. The molecule has 2 aromatic carbocycles. The fourth-order valence-corrected chi connectivity index (χ4v) is 3.40. The first-order valence-corrected chi connectivity index (χ1v) is 9.07. The monoisotopic (exact) mass is 352 g/mol. The normalized spacial score (nSPS) is 13.1. The third-order valence-electron chi connectivity index (χ3n) is 4.69. The number of aryl methyl sites for hydroxylation is 1. The van der Waals surface area contributed by atoms with Crippen molar-refractivity contribution >= 4 is 10.9 Å². The van der Waals surface area contributed by atoms with Crippen molar-refractivity contribution in [1.82, 2.24) is 10.3 Å². The average molecular weight is 352 g/mol. The number of fused-ring (bicyclic) bond motifs is 2. The molecule has 2 heterocycles. The summed E-state index contributed by atoms with van der Waals surface area (Å²) in [4.78, 5) is 3.34. The fourth-order valence-electron chi connectivity index (χ4n) is 3.40. The molecule has 26 heavy (non-hydrogen) atoms. The average Bonchev–Trinajstić information content (AvgIpc) is 3.10. The second-order valence-corrected chi connectivity index (χ2v) is 6.46. The van der Waals surface area contributed by atoms with E-state index in [0.29, 0.717) is 19.0 Å². The van der Waals surface area contributed by atoms with E-state index in [0.717, 1.165) is 43.0 Å². The van der Waals surface area contributed by atoms with Gasteiger partial charge < -0.3 is 24.5 Å². The van der Waals surface area contributed by atoms with Gasteiger partial charge in [-0.3, -0.25) is 0 Å². The van der Waals surface area contributed by atoms with Gasteiger partial charge >= 0.3 is 0 Å². The molecule has 1 aromatic heterocycles. The first kappa shape index (κ1) is 16.8. The van der Waals surface area contributed by atoms with E-state index in [2.05, 4.69) is 40.8 Å². The summed E-state index contributed by atoms with van der Waals surface area (Å²) >= 11 is 0. The molecule has 0 radical (unpaired) electrons. The first-order valence-electron chi connectivity index (χ1n) is 9.07. The Balaban J connectivity index is 1.31. The topological polar surface area (TPSA) is 55.5 Å². The number of benzene rings is 2. The Kier molecular flexibility index (Phi) is 4.97. The number of hydrogen-bond acceptors (Lipinski definition) is 4. The summed E-state index contributed by atoms with van der Waals surface area (Å²) in [5.41, 5.74) is 3.72. The minimum atomic E-state index is 0.564. The Hall–Kier alpha value is -2.66. The van der Waals surface area contributed by atoms with E-state index >= 15 is 0 Å². The molecule has 0 saturated carbocycles. The number of H-pyrrole nitrogens is 1. The second kappa shape index (κ2) is 7.70. The minimum absolute atomic E-state index is 0.564. The largest absolute Gasteiger partial charge is 0.493 e. The summed E-state index contributed by atoms with van der Waals surface area (Å²) < 4.78 is 16.8. The molecular weight excluding hydrogens is 328 g/mol. The molecule has 0 aliphatic carbocycles. The van der Waals surface area contributed by atoms with Crippen molar-refractivity contribution in [1.29, 1.82) is 0 Å². The van der Waals surface area contributed by atoms with Crippen molar-refractivity contribution in [2.75, 3.05) is 26.9 Å². The molecule has 5 nitrogen and oxygen atoms in total. The molecule has 5 heteroatoms. The maximum absolute atomic E-state index is 5.69. The Bertz CT molecular complexity index is 871. The predicted octanol–water partition coefficient (Wildman–Crippen LogP) is 3.67. The van der Waals surface area contributed by atoms with Crippen LogP contribution in [0.2, 0.25) is 0 Å². The minimum Gasteiger partial charge on any atom is -0.493 e. The SMILES string of the molecule is COc1cc(CNCCCc2c[nH]c3ccccc23)cc2c1OCCO2. The highest BCUT2D eigenvalue weighted by molar-refractivity contribution is 5.82. The van der Waals surface area contributed by atoms with Crippen LogP contribution in [0, 0.1) is 0 Å². The van der Waals surface area contributed by atoms with Crippen LogP contribution in [0.25, 0.3) is 10.9 Å². The molecule has 4 rings (SSSR count). The summed E-state index contributed by atoms with van der Waals surface area (Å²) in [5.74, 6) is 2.21. The standard InChI is InChI=1S/C21H24N2O3/c1-24-19-11-15(12-20-21(19)26-10-9-25-20)13-22-8-4-5-16-14-23-18-7-3-2-6-17(16)18/h2-3,6-7,11-12,14,22-23H,4-5,8-10,13H2,1H3. The van der Waals surface area contributed by atoms with Crippen LogP contribution in [0.4, 0.5) is 0 Å². The fraction of sp³-hybridized carbons (Fsp3) is 0.333. The zero-order chi connectivity index (χ0) is 17.8. The zero-order valence-electron chi connectivity index (χ0n) is 15.0. The van der Waals surface area contributed by atoms with Crippen molar-refractivity contribution in [2.24, 2.45) is 0 Å². The molecule has 0 saturated heterocycles. The number of hydrogen-bond donors (Lipinski definition) is 2. The lowest BCUT2D eigenvalue weighted by Crippen LogP contribution is -2.18. The summed E-state index contributed by atoms with van der Waals surface area (Å²) in [6, 6.07) is 12.5. The number of ether oxygens (including phenoxy) is 3. The summed E-state index contributed by atoms with van der Waals surface area (Å²) in [6.45, 7) is 2.88. The Morgan fingerprint density at radius 1 is 1.15 bits per heavy atom. The van der Waals surface area contributed by atoms with Crippen molar-refractivity contribution in [2.45, 2.75) is 19.4 Å². The molecule has 0 atom stereocenters. The smallest absolute Gasteiger partial charge is 0.203 e. The molecule has 0 unspecified atom stereocenters. The Morgan fingerprint density at radius 3 is 2.96 bits per heavy atom. The van der Waals surface area contributed by atoms with Gasteiger partial charge in [-0.25, -0.2) is 0 Å². The molecule has 2 N–H and O–H groups in total. The molecular formula is C21H24N2O3. The molecule has 1 aliphatic heterocycles. The van der Waals surface area contributed by atoms with Gasteiger partial charge in [-0.05, 0) is 48.7 Å². The lowest BCUT2D eigenvalue weighted by Gasteiger charge is -2.21. The van der Waals surface area contributed by atoms with Crippen LogP contribution in [-0.2, 0) is 13.0 Å². The molecule has 1 aliphatic rings. The maximum Gasteiger partial charge on any atom is 0.203 e. The van der Waals surface area contributed by atoms with E-state index in [4.69, 9.17) is 14.2 Å². The summed E-state index contributed by atoms with van der Waals surface area (Å²) in [5, 5.41) is 4.83. The number of aromatic nitrogens is 1. The Labute approximate surface area is 153 Å². The van der Waals surface area contributed by atoms with Crippen molar-refractivity contribution in [3.05, 3.63) is 53.7 Å². The quantitative estimate of drug-likeness (QED) is 0.637. The van der Waals surface area contributed by atoms with Crippen LogP contribution >= 0.6 is 0 Å². The zero-order valence-corrected chi connectivity index (χ0v) is 15.0. The predicted molar refractivity (Wildman–Crippen MR) is 102 cm³/mol. The van der Waals surface area contributed by atoms with Crippen LogP contribution < -0.4 is 19.5 Å². The molecule has 0 bridgehead atoms. The van der Waals surface area contributed by atoms with Crippen LogP contribution in [-0.4, -0.2) is 31.9 Å². The van der Waals surface area contributed by atoms with Crippen molar-refractivity contribution in [3.8, 4) is 17.2 Å². The first-order chi connectivity index (χ1) is 12.8.